The van der Waals surface area contributed by atoms with Crippen LogP contribution in [0.5, 0.6) is 5.75 Å². The molecule has 0 atom stereocenters. The summed E-state index contributed by atoms with van der Waals surface area (Å²) < 4.78 is 45.9. The van der Waals surface area contributed by atoms with Gasteiger partial charge in [0.1, 0.15) is 11.9 Å². The van der Waals surface area contributed by atoms with Crippen molar-refractivity contribution in [2.24, 2.45) is 0 Å². The molecule has 0 aliphatic carbocycles. The Morgan fingerprint density at radius 3 is 2.10 bits per heavy atom. The second-order valence-electron chi connectivity index (χ2n) is 7.29. The third kappa shape index (κ3) is 3.60. The third-order valence-electron chi connectivity index (χ3n) is 5.28. The molecule has 4 rings (SSSR count). The minimum atomic E-state index is -4.61. The molecule has 0 N–H and O–H groups in total. The van der Waals surface area contributed by atoms with Gasteiger partial charge in [0.15, 0.2) is 0 Å². The number of amides is 2. The molecule has 1 fully saturated rings. The molecule has 0 unspecified atom stereocenters. The molecule has 1 saturated heterocycles. The standard InChI is InChI=1S/C21H19F3N2O3/c1-25-10-8-14(9-11-25)29-18-7-6-13(21(22,23)24)12-17(18)26-19(27)15-4-2-3-5-16(15)20(26)28/h2-7,12,14H,8-11H2,1H3. The number of piperidine rings is 1. The predicted molar refractivity (Wildman–Crippen MR) is 100 cm³/mol. The van der Waals surface area contributed by atoms with Crippen molar-refractivity contribution in [3.8, 4) is 5.75 Å². The number of likely N-dealkylation sites (tertiary alicyclic amines) is 1. The molecule has 0 radical (unpaired) electrons. The van der Waals surface area contributed by atoms with E-state index in [0.717, 1.165) is 30.1 Å². The molecule has 2 aliphatic heterocycles. The van der Waals surface area contributed by atoms with Crippen LogP contribution in [0, 0.1) is 0 Å². The minimum absolute atomic E-state index is 0.0991. The summed E-state index contributed by atoms with van der Waals surface area (Å²) >= 11 is 0. The van der Waals surface area contributed by atoms with E-state index in [1.54, 1.807) is 12.1 Å². The lowest BCUT2D eigenvalue weighted by Crippen LogP contribution is -2.36. The van der Waals surface area contributed by atoms with E-state index in [-0.39, 0.29) is 28.7 Å². The maximum atomic E-state index is 13.3. The van der Waals surface area contributed by atoms with E-state index in [2.05, 4.69) is 4.90 Å². The fraction of sp³-hybridized carbons (Fsp3) is 0.333. The molecule has 2 aromatic rings. The smallest absolute Gasteiger partial charge is 0.416 e. The van der Waals surface area contributed by atoms with Gasteiger partial charge in [0.05, 0.1) is 22.4 Å². The van der Waals surface area contributed by atoms with Crippen LogP contribution >= 0.6 is 0 Å². The van der Waals surface area contributed by atoms with E-state index < -0.39 is 23.6 Å². The molecule has 0 aromatic heterocycles. The van der Waals surface area contributed by atoms with Gasteiger partial charge >= 0.3 is 6.18 Å². The first kappa shape index (κ1) is 19.4. The average Bonchev–Trinajstić information content (AvgIpc) is 2.94. The maximum absolute atomic E-state index is 13.3. The predicted octanol–water partition coefficient (Wildman–Crippen LogP) is 3.98. The van der Waals surface area contributed by atoms with Crippen LogP contribution in [0.3, 0.4) is 0 Å². The summed E-state index contributed by atoms with van der Waals surface area (Å²) in [6, 6.07) is 9.10. The summed E-state index contributed by atoms with van der Waals surface area (Å²) in [4.78, 5) is 28.6. The number of anilines is 1. The van der Waals surface area contributed by atoms with Gasteiger partial charge < -0.3 is 9.64 Å². The number of benzene rings is 2. The summed E-state index contributed by atoms with van der Waals surface area (Å²) in [5, 5.41) is 0. The Balaban J connectivity index is 1.74. The normalized spacial score (nSPS) is 18.3. The van der Waals surface area contributed by atoms with E-state index in [1.807, 2.05) is 7.05 Å². The van der Waals surface area contributed by atoms with Gasteiger partial charge in [0, 0.05) is 13.1 Å². The number of rotatable bonds is 3. The molecule has 0 spiro atoms. The van der Waals surface area contributed by atoms with Gasteiger partial charge in [-0.1, -0.05) is 12.1 Å². The summed E-state index contributed by atoms with van der Waals surface area (Å²) in [5.74, 6) is -1.21. The maximum Gasteiger partial charge on any atom is 0.416 e. The van der Waals surface area contributed by atoms with Gasteiger partial charge in [-0.05, 0) is 50.2 Å². The molecule has 29 heavy (non-hydrogen) atoms. The van der Waals surface area contributed by atoms with Crippen molar-refractivity contribution < 1.29 is 27.5 Å². The zero-order chi connectivity index (χ0) is 20.8. The highest BCUT2D eigenvalue weighted by Crippen LogP contribution is 2.40. The number of fused-ring (bicyclic) bond motifs is 1. The van der Waals surface area contributed by atoms with Gasteiger partial charge in [0.25, 0.3) is 11.8 Å². The van der Waals surface area contributed by atoms with Crippen LogP contribution in [-0.2, 0) is 6.18 Å². The van der Waals surface area contributed by atoms with Gasteiger partial charge in [0.2, 0.25) is 0 Å². The van der Waals surface area contributed by atoms with E-state index in [9.17, 15) is 22.8 Å². The third-order valence-corrected chi connectivity index (χ3v) is 5.28. The van der Waals surface area contributed by atoms with Gasteiger partial charge in [-0.25, -0.2) is 4.90 Å². The lowest BCUT2D eigenvalue weighted by atomic mass is 10.1. The van der Waals surface area contributed by atoms with Crippen LogP contribution in [0.2, 0.25) is 0 Å². The van der Waals surface area contributed by atoms with Crippen molar-refractivity contribution in [3.63, 3.8) is 0 Å². The molecule has 2 amide bonds. The fourth-order valence-electron chi connectivity index (χ4n) is 3.66. The Labute approximate surface area is 165 Å². The summed E-state index contributed by atoms with van der Waals surface area (Å²) in [6.07, 6.45) is -3.39. The van der Waals surface area contributed by atoms with Crippen LogP contribution in [0.1, 0.15) is 39.1 Å². The first-order chi connectivity index (χ1) is 13.8. The molecule has 8 heteroatoms. The van der Waals surface area contributed by atoms with Gasteiger partial charge in [-0.15, -0.1) is 0 Å². The zero-order valence-electron chi connectivity index (χ0n) is 15.7. The second kappa shape index (κ2) is 7.18. The second-order valence-corrected chi connectivity index (χ2v) is 7.29. The number of carbonyl (C=O) groups excluding carboxylic acids is 2. The first-order valence-corrected chi connectivity index (χ1v) is 9.30. The summed E-state index contributed by atoms with van der Waals surface area (Å²) in [5.41, 5.74) is -0.787. The number of hydrogen-bond acceptors (Lipinski definition) is 4. The summed E-state index contributed by atoms with van der Waals surface area (Å²) in [6.45, 7) is 1.60. The molecule has 2 aromatic carbocycles. The Bertz CT molecular complexity index is 931. The number of hydrogen-bond donors (Lipinski definition) is 0. The molecule has 152 valence electrons. The van der Waals surface area contributed by atoms with Crippen molar-refractivity contribution in [2.45, 2.75) is 25.1 Å². The van der Waals surface area contributed by atoms with Crippen LogP contribution in [0.4, 0.5) is 18.9 Å². The monoisotopic (exact) mass is 404 g/mol. The molecule has 2 heterocycles. The van der Waals surface area contributed by atoms with E-state index in [4.69, 9.17) is 4.74 Å². The van der Waals surface area contributed by atoms with Crippen molar-refractivity contribution >= 4 is 17.5 Å². The minimum Gasteiger partial charge on any atom is -0.488 e. The van der Waals surface area contributed by atoms with Gasteiger partial charge in [-0.2, -0.15) is 13.2 Å². The Morgan fingerprint density at radius 1 is 0.966 bits per heavy atom. The highest BCUT2D eigenvalue weighted by atomic mass is 19.4. The van der Waals surface area contributed by atoms with Crippen LogP contribution in [0.15, 0.2) is 42.5 Å². The van der Waals surface area contributed by atoms with Crippen LogP contribution in [-0.4, -0.2) is 43.0 Å². The van der Waals surface area contributed by atoms with E-state index in [1.165, 1.54) is 18.2 Å². The first-order valence-electron chi connectivity index (χ1n) is 9.30. The van der Waals surface area contributed by atoms with E-state index >= 15 is 0 Å². The number of halogens is 3. The van der Waals surface area contributed by atoms with Crippen LogP contribution < -0.4 is 9.64 Å². The van der Waals surface area contributed by atoms with Crippen molar-refractivity contribution in [1.29, 1.82) is 0 Å². The van der Waals surface area contributed by atoms with Gasteiger partial charge in [-0.3, -0.25) is 9.59 Å². The average molecular weight is 404 g/mol. The largest absolute Gasteiger partial charge is 0.488 e. The topological polar surface area (TPSA) is 49.9 Å². The van der Waals surface area contributed by atoms with Crippen molar-refractivity contribution in [3.05, 3.63) is 59.2 Å². The van der Waals surface area contributed by atoms with Crippen molar-refractivity contribution in [2.75, 3.05) is 25.0 Å². The molecule has 0 bridgehead atoms. The lowest BCUT2D eigenvalue weighted by molar-refractivity contribution is -0.137. The Hall–Kier alpha value is -2.87. The fourth-order valence-corrected chi connectivity index (χ4v) is 3.66. The lowest BCUT2D eigenvalue weighted by Gasteiger charge is -2.30. The number of nitrogens with zero attached hydrogens (tertiary/aromatic N) is 2. The number of ether oxygens (including phenoxy) is 1. The quantitative estimate of drug-likeness (QED) is 0.727. The molecular formula is C21H19F3N2O3. The Morgan fingerprint density at radius 2 is 1.55 bits per heavy atom. The molecule has 5 nitrogen and oxygen atoms in total. The molecule has 0 saturated carbocycles. The zero-order valence-corrected chi connectivity index (χ0v) is 15.7. The van der Waals surface area contributed by atoms with E-state index in [0.29, 0.717) is 12.8 Å². The highest BCUT2D eigenvalue weighted by Gasteiger charge is 2.40. The Kier molecular flexibility index (Phi) is 4.82. The van der Waals surface area contributed by atoms with Crippen molar-refractivity contribution in [1.82, 2.24) is 4.90 Å². The molecule has 2 aliphatic rings. The number of imide groups is 1. The number of alkyl halides is 3. The number of carbonyl (C=O) groups is 2. The SMILES string of the molecule is CN1CCC(Oc2ccc(C(F)(F)F)cc2N2C(=O)c3ccccc3C2=O)CC1. The summed E-state index contributed by atoms with van der Waals surface area (Å²) in [7, 11) is 1.98. The van der Waals surface area contributed by atoms with Crippen LogP contribution in [0.25, 0.3) is 0 Å². The molecular weight excluding hydrogens is 385 g/mol. The highest BCUT2D eigenvalue weighted by molar-refractivity contribution is 6.34.